The molecule has 0 unspecified atom stereocenters. The first-order valence-corrected chi connectivity index (χ1v) is 10.2. The molecule has 148 valence electrons. The van der Waals surface area contributed by atoms with Gasteiger partial charge in [-0.25, -0.2) is 5.43 Å². The van der Waals surface area contributed by atoms with Gasteiger partial charge in [0.25, 0.3) is 0 Å². The molecule has 0 saturated heterocycles. The number of unbranched alkanes of at least 4 members (excludes halogenated alkanes) is 8. The lowest BCUT2D eigenvalue weighted by molar-refractivity contribution is -0.122. The van der Waals surface area contributed by atoms with Crippen LogP contribution in [0.15, 0.2) is 12.2 Å². The van der Waals surface area contributed by atoms with Crippen molar-refractivity contribution in [2.24, 2.45) is 0 Å². The predicted molar refractivity (Wildman–Crippen MR) is 104 cm³/mol. The van der Waals surface area contributed by atoms with Crippen molar-refractivity contribution in [3.63, 3.8) is 0 Å². The Bertz CT molecular complexity index is 322. The molecule has 0 bridgehead atoms. The van der Waals surface area contributed by atoms with E-state index in [1.54, 1.807) is 0 Å². The second-order valence-electron chi connectivity index (χ2n) is 6.72. The number of hydrogen-bond donors (Lipinski definition) is 4. The molecule has 5 nitrogen and oxygen atoms in total. The van der Waals surface area contributed by atoms with E-state index < -0.39 is 0 Å². The fourth-order valence-electron chi connectivity index (χ4n) is 2.65. The maximum atomic E-state index is 11.4. The molecule has 0 aliphatic rings. The van der Waals surface area contributed by atoms with Crippen LogP contribution >= 0.6 is 0 Å². The average molecular weight is 357 g/mol. The number of rotatable bonds is 18. The van der Waals surface area contributed by atoms with Gasteiger partial charge in [0.15, 0.2) is 0 Å². The molecule has 0 heterocycles. The van der Waals surface area contributed by atoms with Crippen LogP contribution in [0.1, 0.15) is 90.4 Å². The van der Waals surface area contributed by atoms with Crippen molar-refractivity contribution in [1.29, 1.82) is 0 Å². The van der Waals surface area contributed by atoms with E-state index in [1.165, 1.54) is 32.1 Å². The number of aliphatic hydroxyl groups excluding tert-OH is 2. The maximum absolute atomic E-state index is 11.4. The molecule has 0 aliphatic carbocycles. The Morgan fingerprint density at radius 1 is 1.00 bits per heavy atom. The van der Waals surface area contributed by atoms with Gasteiger partial charge in [0.1, 0.15) is 0 Å². The van der Waals surface area contributed by atoms with Gasteiger partial charge in [-0.1, -0.05) is 64.0 Å². The fourth-order valence-corrected chi connectivity index (χ4v) is 2.65. The first-order valence-electron chi connectivity index (χ1n) is 10.2. The lowest BCUT2D eigenvalue weighted by Crippen LogP contribution is -2.38. The minimum absolute atomic E-state index is 0.00960. The van der Waals surface area contributed by atoms with Gasteiger partial charge >= 0.3 is 0 Å². The molecule has 0 rings (SSSR count). The van der Waals surface area contributed by atoms with E-state index in [0.29, 0.717) is 13.0 Å². The lowest BCUT2D eigenvalue weighted by atomic mass is 10.1. The van der Waals surface area contributed by atoms with Gasteiger partial charge in [-0.15, -0.1) is 0 Å². The quantitative estimate of drug-likeness (QED) is 0.172. The Hall–Kier alpha value is -0.910. The zero-order chi connectivity index (χ0) is 18.6. The van der Waals surface area contributed by atoms with Gasteiger partial charge in [-0.3, -0.25) is 10.2 Å². The summed E-state index contributed by atoms with van der Waals surface area (Å²) in [5, 5.41) is 18.4. The van der Waals surface area contributed by atoms with Crippen LogP contribution in [0.25, 0.3) is 0 Å². The van der Waals surface area contributed by atoms with Gasteiger partial charge in [-0.2, -0.15) is 0 Å². The first-order chi connectivity index (χ1) is 12.2. The summed E-state index contributed by atoms with van der Waals surface area (Å²) in [6.07, 6.45) is 17.8. The van der Waals surface area contributed by atoms with Gasteiger partial charge in [0.2, 0.25) is 5.91 Å². The highest BCUT2D eigenvalue weighted by atomic mass is 16.3. The SMILES string of the molecule is CCCCCC[C@@H](O)CC=CCCCCCCCC(=O)NNCCO. The monoisotopic (exact) mass is 356 g/mol. The van der Waals surface area contributed by atoms with E-state index in [2.05, 4.69) is 29.9 Å². The van der Waals surface area contributed by atoms with Crippen molar-refractivity contribution in [2.45, 2.75) is 96.5 Å². The minimum atomic E-state index is -0.175. The second-order valence-corrected chi connectivity index (χ2v) is 6.72. The molecule has 0 fully saturated rings. The first kappa shape index (κ1) is 24.1. The average Bonchev–Trinajstić information content (AvgIpc) is 2.60. The summed E-state index contributed by atoms with van der Waals surface area (Å²) >= 11 is 0. The number of allylic oxidation sites excluding steroid dienone is 1. The number of nitrogens with one attached hydrogen (secondary N) is 2. The highest BCUT2D eigenvalue weighted by Crippen LogP contribution is 2.10. The Morgan fingerprint density at radius 3 is 2.48 bits per heavy atom. The molecule has 0 aromatic rings. The molecular weight excluding hydrogens is 316 g/mol. The minimum Gasteiger partial charge on any atom is -0.395 e. The standard InChI is InChI=1S/C20H40N2O3/c1-2-3-4-11-14-19(24)15-12-9-7-5-6-8-10-13-16-20(25)22-21-17-18-23/h9,12,19,21,23-24H,2-8,10-11,13-18H2,1H3,(H,22,25)/t19-/m1/s1. The molecular formula is C20H40N2O3. The Morgan fingerprint density at radius 2 is 1.72 bits per heavy atom. The topological polar surface area (TPSA) is 81.6 Å². The predicted octanol–water partition coefficient (Wildman–Crippen LogP) is 3.61. The van der Waals surface area contributed by atoms with Crippen molar-refractivity contribution >= 4 is 5.91 Å². The Kier molecular flexibility index (Phi) is 18.7. The van der Waals surface area contributed by atoms with E-state index in [1.807, 2.05) is 0 Å². The van der Waals surface area contributed by atoms with Crippen LogP contribution in [0.5, 0.6) is 0 Å². The lowest BCUT2D eigenvalue weighted by Gasteiger charge is -2.07. The van der Waals surface area contributed by atoms with Crippen molar-refractivity contribution < 1.29 is 15.0 Å². The Balaban J connectivity index is 3.30. The maximum Gasteiger partial charge on any atom is 0.234 e. The van der Waals surface area contributed by atoms with Crippen molar-refractivity contribution in [3.05, 3.63) is 12.2 Å². The number of amides is 1. The van der Waals surface area contributed by atoms with E-state index >= 15 is 0 Å². The van der Waals surface area contributed by atoms with Crippen molar-refractivity contribution in [1.82, 2.24) is 10.9 Å². The summed E-state index contributed by atoms with van der Waals surface area (Å²) in [7, 11) is 0. The zero-order valence-corrected chi connectivity index (χ0v) is 16.1. The van der Waals surface area contributed by atoms with E-state index in [9.17, 15) is 9.90 Å². The van der Waals surface area contributed by atoms with Crippen LogP contribution < -0.4 is 10.9 Å². The fraction of sp³-hybridized carbons (Fsp3) is 0.850. The molecule has 0 aromatic carbocycles. The summed E-state index contributed by atoms with van der Waals surface area (Å²) < 4.78 is 0. The summed E-state index contributed by atoms with van der Waals surface area (Å²) in [5.74, 6) is -0.00960. The van der Waals surface area contributed by atoms with Crippen molar-refractivity contribution in [3.8, 4) is 0 Å². The molecule has 0 spiro atoms. The smallest absolute Gasteiger partial charge is 0.234 e. The molecule has 0 aromatic heterocycles. The van der Waals surface area contributed by atoms with Crippen LogP contribution in [0.4, 0.5) is 0 Å². The highest BCUT2D eigenvalue weighted by molar-refractivity contribution is 5.75. The van der Waals surface area contributed by atoms with Gasteiger partial charge in [0.05, 0.1) is 12.7 Å². The van der Waals surface area contributed by atoms with Crippen LogP contribution in [-0.4, -0.2) is 35.4 Å². The third-order valence-electron chi connectivity index (χ3n) is 4.20. The summed E-state index contributed by atoms with van der Waals surface area (Å²) in [5.41, 5.74) is 5.22. The summed E-state index contributed by atoms with van der Waals surface area (Å²) in [6, 6.07) is 0. The summed E-state index contributed by atoms with van der Waals surface area (Å²) in [6.45, 7) is 2.61. The molecule has 0 radical (unpaired) electrons. The normalized spacial score (nSPS) is 12.6. The molecule has 1 amide bonds. The molecule has 5 heteroatoms. The third kappa shape index (κ3) is 19.3. The number of hydrazine groups is 1. The van der Waals surface area contributed by atoms with E-state index in [-0.39, 0.29) is 18.6 Å². The third-order valence-corrected chi connectivity index (χ3v) is 4.20. The highest BCUT2D eigenvalue weighted by Gasteiger charge is 2.01. The Labute approximate surface area is 154 Å². The molecule has 1 atom stereocenters. The van der Waals surface area contributed by atoms with Crippen LogP contribution in [0.3, 0.4) is 0 Å². The summed E-state index contributed by atoms with van der Waals surface area (Å²) in [4.78, 5) is 11.4. The van der Waals surface area contributed by atoms with Crippen molar-refractivity contribution in [2.75, 3.05) is 13.2 Å². The zero-order valence-electron chi connectivity index (χ0n) is 16.1. The number of hydrogen-bond acceptors (Lipinski definition) is 4. The molecule has 4 N–H and O–H groups in total. The molecule has 0 saturated carbocycles. The van der Waals surface area contributed by atoms with Crippen LogP contribution in [0, 0.1) is 0 Å². The van der Waals surface area contributed by atoms with Crippen LogP contribution in [0.2, 0.25) is 0 Å². The van der Waals surface area contributed by atoms with E-state index in [4.69, 9.17) is 5.11 Å². The van der Waals surface area contributed by atoms with Gasteiger partial charge in [0, 0.05) is 13.0 Å². The van der Waals surface area contributed by atoms with Gasteiger partial charge < -0.3 is 10.2 Å². The van der Waals surface area contributed by atoms with Crippen LogP contribution in [-0.2, 0) is 4.79 Å². The number of carbonyl (C=O) groups excluding carboxylic acids is 1. The molecule has 25 heavy (non-hydrogen) atoms. The number of aliphatic hydroxyl groups is 2. The molecule has 0 aliphatic heterocycles. The largest absolute Gasteiger partial charge is 0.395 e. The number of carbonyl (C=O) groups is 1. The van der Waals surface area contributed by atoms with E-state index in [0.717, 1.165) is 44.9 Å². The van der Waals surface area contributed by atoms with Gasteiger partial charge in [-0.05, 0) is 32.1 Å². The second kappa shape index (κ2) is 19.4.